The molecule has 0 radical (unpaired) electrons. The number of aliphatic imine (C=N–C) groups is 1. The lowest BCUT2D eigenvalue weighted by atomic mass is 10.1. The SMILES string of the molecule is CCc1cc(CN=C(N)N)ccc1OC. The number of aryl methyl sites for hydroxylation is 1. The Kier molecular flexibility index (Phi) is 3.97. The van der Waals surface area contributed by atoms with Gasteiger partial charge in [-0.15, -0.1) is 0 Å². The Bertz CT molecular complexity index is 357. The topological polar surface area (TPSA) is 73.6 Å². The second-order valence-electron chi connectivity index (χ2n) is 3.24. The van der Waals surface area contributed by atoms with Gasteiger partial charge in [-0.1, -0.05) is 19.1 Å². The number of ether oxygens (including phenoxy) is 1. The van der Waals surface area contributed by atoms with Crippen LogP contribution in [0.15, 0.2) is 23.2 Å². The molecule has 0 heterocycles. The highest BCUT2D eigenvalue weighted by Gasteiger charge is 2.01. The van der Waals surface area contributed by atoms with E-state index in [1.807, 2.05) is 12.1 Å². The molecule has 0 aliphatic heterocycles. The van der Waals surface area contributed by atoms with Gasteiger partial charge in [-0.3, -0.25) is 0 Å². The lowest BCUT2D eigenvalue weighted by Crippen LogP contribution is -2.22. The maximum absolute atomic E-state index is 5.27. The fraction of sp³-hybridized carbons (Fsp3) is 0.364. The van der Waals surface area contributed by atoms with E-state index in [0.717, 1.165) is 17.7 Å². The molecule has 82 valence electrons. The normalized spacial score (nSPS) is 9.73. The molecule has 0 aromatic heterocycles. The number of nitrogens with zero attached hydrogens (tertiary/aromatic N) is 1. The zero-order valence-electron chi connectivity index (χ0n) is 9.16. The van der Waals surface area contributed by atoms with Crippen LogP contribution in [0.4, 0.5) is 0 Å². The highest BCUT2D eigenvalue weighted by Crippen LogP contribution is 2.20. The van der Waals surface area contributed by atoms with E-state index in [4.69, 9.17) is 16.2 Å². The smallest absolute Gasteiger partial charge is 0.186 e. The van der Waals surface area contributed by atoms with Crippen molar-refractivity contribution >= 4 is 5.96 Å². The third kappa shape index (κ3) is 3.16. The largest absolute Gasteiger partial charge is 0.496 e. The highest BCUT2D eigenvalue weighted by molar-refractivity contribution is 5.75. The van der Waals surface area contributed by atoms with Crippen LogP contribution < -0.4 is 16.2 Å². The Morgan fingerprint density at radius 3 is 2.67 bits per heavy atom. The van der Waals surface area contributed by atoms with E-state index in [-0.39, 0.29) is 5.96 Å². The molecule has 15 heavy (non-hydrogen) atoms. The molecule has 1 rings (SSSR count). The first-order valence-electron chi connectivity index (χ1n) is 4.88. The Hall–Kier alpha value is -1.71. The minimum Gasteiger partial charge on any atom is -0.496 e. The second-order valence-corrected chi connectivity index (χ2v) is 3.24. The number of hydrogen-bond donors (Lipinski definition) is 2. The third-order valence-corrected chi connectivity index (χ3v) is 2.17. The van der Waals surface area contributed by atoms with Gasteiger partial charge in [-0.05, 0) is 23.6 Å². The number of methoxy groups -OCH3 is 1. The van der Waals surface area contributed by atoms with Gasteiger partial charge in [-0.2, -0.15) is 0 Å². The number of nitrogens with two attached hydrogens (primary N) is 2. The summed E-state index contributed by atoms with van der Waals surface area (Å²) in [6.07, 6.45) is 0.929. The van der Waals surface area contributed by atoms with Crippen LogP contribution in [-0.2, 0) is 13.0 Å². The van der Waals surface area contributed by atoms with Crippen LogP contribution in [0.25, 0.3) is 0 Å². The van der Waals surface area contributed by atoms with Gasteiger partial charge in [0.2, 0.25) is 0 Å². The number of hydrogen-bond acceptors (Lipinski definition) is 2. The zero-order chi connectivity index (χ0) is 11.3. The van der Waals surface area contributed by atoms with E-state index in [0.29, 0.717) is 6.54 Å². The first-order valence-corrected chi connectivity index (χ1v) is 4.88. The first kappa shape index (κ1) is 11.4. The number of guanidine groups is 1. The molecule has 0 saturated heterocycles. The predicted molar refractivity (Wildman–Crippen MR) is 61.9 cm³/mol. The molecule has 1 aromatic rings. The number of benzene rings is 1. The van der Waals surface area contributed by atoms with Crippen LogP contribution in [-0.4, -0.2) is 13.1 Å². The first-order chi connectivity index (χ1) is 7.17. The summed E-state index contributed by atoms with van der Waals surface area (Å²) < 4.78 is 5.23. The van der Waals surface area contributed by atoms with Gasteiger partial charge in [0.25, 0.3) is 0 Å². The molecule has 4 N–H and O–H groups in total. The highest BCUT2D eigenvalue weighted by atomic mass is 16.5. The molecule has 0 aliphatic carbocycles. The summed E-state index contributed by atoms with van der Waals surface area (Å²) >= 11 is 0. The fourth-order valence-corrected chi connectivity index (χ4v) is 1.39. The summed E-state index contributed by atoms with van der Waals surface area (Å²) in [6.45, 7) is 2.60. The summed E-state index contributed by atoms with van der Waals surface area (Å²) in [6, 6.07) is 5.96. The molecule has 0 saturated carbocycles. The van der Waals surface area contributed by atoms with Crippen LogP contribution in [0.5, 0.6) is 5.75 Å². The Morgan fingerprint density at radius 2 is 2.13 bits per heavy atom. The van der Waals surface area contributed by atoms with Crippen molar-refractivity contribution in [1.82, 2.24) is 0 Å². The van der Waals surface area contributed by atoms with Gasteiger partial charge < -0.3 is 16.2 Å². The summed E-state index contributed by atoms with van der Waals surface area (Å²) in [5, 5.41) is 0. The van der Waals surface area contributed by atoms with E-state index >= 15 is 0 Å². The van der Waals surface area contributed by atoms with Crippen molar-refractivity contribution < 1.29 is 4.74 Å². The average Bonchev–Trinajstić information content (AvgIpc) is 2.25. The van der Waals surface area contributed by atoms with Crippen molar-refractivity contribution in [2.45, 2.75) is 19.9 Å². The molecule has 0 atom stereocenters. The molecule has 4 nitrogen and oxygen atoms in total. The van der Waals surface area contributed by atoms with Crippen LogP contribution in [0, 0.1) is 0 Å². The van der Waals surface area contributed by atoms with Crippen molar-refractivity contribution in [3.8, 4) is 5.75 Å². The lowest BCUT2D eigenvalue weighted by Gasteiger charge is -2.07. The minimum atomic E-state index is 0.115. The Morgan fingerprint density at radius 1 is 1.40 bits per heavy atom. The van der Waals surface area contributed by atoms with Crippen LogP contribution in [0.2, 0.25) is 0 Å². The van der Waals surface area contributed by atoms with Crippen LogP contribution in [0.3, 0.4) is 0 Å². The van der Waals surface area contributed by atoms with E-state index in [2.05, 4.69) is 18.0 Å². The van der Waals surface area contributed by atoms with Gasteiger partial charge >= 0.3 is 0 Å². The molecule has 0 amide bonds. The van der Waals surface area contributed by atoms with E-state index in [1.165, 1.54) is 5.56 Å². The van der Waals surface area contributed by atoms with Gasteiger partial charge in [0.15, 0.2) is 5.96 Å². The maximum Gasteiger partial charge on any atom is 0.186 e. The molecular formula is C11H17N3O. The van der Waals surface area contributed by atoms with Crippen LogP contribution in [0.1, 0.15) is 18.1 Å². The lowest BCUT2D eigenvalue weighted by molar-refractivity contribution is 0.410. The summed E-state index contributed by atoms with van der Waals surface area (Å²) in [5.74, 6) is 1.02. The fourth-order valence-electron chi connectivity index (χ4n) is 1.39. The van der Waals surface area contributed by atoms with Gasteiger partial charge in [-0.25, -0.2) is 4.99 Å². The van der Waals surface area contributed by atoms with E-state index in [9.17, 15) is 0 Å². The monoisotopic (exact) mass is 207 g/mol. The Labute approximate surface area is 89.9 Å². The van der Waals surface area contributed by atoms with Crippen LogP contribution >= 0.6 is 0 Å². The molecule has 0 spiro atoms. The van der Waals surface area contributed by atoms with Crippen molar-refractivity contribution in [2.24, 2.45) is 16.5 Å². The van der Waals surface area contributed by atoms with Gasteiger partial charge in [0, 0.05) is 0 Å². The third-order valence-electron chi connectivity index (χ3n) is 2.17. The predicted octanol–water partition coefficient (Wildman–Crippen LogP) is 1.03. The van der Waals surface area contributed by atoms with Crippen molar-refractivity contribution in [1.29, 1.82) is 0 Å². The van der Waals surface area contributed by atoms with Crippen molar-refractivity contribution in [3.63, 3.8) is 0 Å². The molecule has 4 heteroatoms. The van der Waals surface area contributed by atoms with Crippen molar-refractivity contribution in [2.75, 3.05) is 7.11 Å². The molecular weight excluding hydrogens is 190 g/mol. The Balaban J connectivity index is 2.88. The maximum atomic E-state index is 5.27. The molecule has 0 fully saturated rings. The van der Waals surface area contributed by atoms with Gasteiger partial charge in [0.05, 0.1) is 13.7 Å². The second kappa shape index (κ2) is 5.24. The average molecular weight is 207 g/mol. The van der Waals surface area contributed by atoms with E-state index in [1.54, 1.807) is 7.11 Å². The quantitative estimate of drug-likeness (QED) is 0.572. The zero-order valence-corrected chi connectivity index (χ0v) is 9.16. The van der Waals surface area contributed by atoms with Crippen molar-refractivity contribution in [3.05, 3.63) is 29.3 Å². The molecule has 0 bridgehead atoms. The molecule has 0 aliphatic rings. The van der Waals surface area contributed by atoms with E-state index < -0.39 is 0 Å². The summed E-state index contributed by atoms with van der Waals surface area (Å²) in [4.78, 5) is 3.96. The summed E-state index contributed by atoms with van der Waals surface area (Å²) in [5.41, 5.74) is 12.8. The van der Waals surface area contributed by atoms with Gasteiger partial charge in [0.1, 0.15) is 5.75 Å². The molecule has 0 unspecified atom stereocenters. The number of rotatable bonds is 4. The standard InChI is InChI=1S/C11H17N3O/c1-3-9-6-8(7-14-11(12)13)4-5-10(9)15-2/h4-6H,3,7H2,1-2H3,(H4,12,13,14). The minimum absolute atomic E-state index is 0.115. The summed E-state index contributed by atoms with van der Waals surface area (Å²) in [7, 11) is 1.67. The molecule has 1 aromatic carbocycles.